The largest absolute Gasteiger partial charge is 0.348 e. The molecule has 18 heavy (non-hydrogen) atoms. The van der Waals surface area contributed by atoms with Gasteiger partial charge in [-0.25, -0.2) is 18.1 Å². The standard InChI is InChI=1S/C11H15N3O2S2/c1-8-5-11(9(2)17-8)18(15,16)14-4-3-10-6-12-7-13-10/h5-7,14H,3-4H2,1-2H3,(H,12,13). The van der Waals surface area contributed by atoms with Crippen molar-refractivity contribution in [1.82, 2.24) is 14.7 Å². The second-order valence-electron chi connectivity index (χ2n) is 4.00. The minimum absolute atomic E-state index is 0.360. The minimum atomic E-state index is -3.40. The van der Waals surface area contributed by atoms with E-state index in [1.54, 1.807) is 18.6 Å². The van der Waals surface area contributed by atoms with Crippen LogP contribution in [0.15, 0.2) is 23.5 Å². The van der Waals surface area contributed by atoms with Gasteiger partial charge in [0.2, 0.25) is 10.0 Å². The number of rotatable bonds is 5. The summed E-state index contributed by atoms with van der Waals surface area (Å²) in [5.41, 5.74) is 0.913. The summed E-state index contributed by atoms with van der Waals surface area (Å²) in [6, 6.07) is 1.71. The van der Waals surface area contributed by atoms with Gasteiger partial charge in [-0.15, -0.1) is 11.3 Å². The van der Waals surface area contributed by atoms with Gasteiger partial charge in [-0.1, -0.05) is 0 Å². The van der Waals surface area contributed by atoms with Crippen molar-refractivity contribution in [2.45, 2.75) is 25.2 Å². The Kier molecular flexibility index (Phi) is 3.84. The van der Waals surface area contributed by atoms with Crippen LogP contribution in [0, 0.1) is 13.8 Å². The van der Waals surface area contributed by atoms with Crippen molar-refractivity contribution in [3.05, 3.63) is 34.0 Å². The molecule has 5 nitrogen and oxygen atoms in total. The highest BCUT2D eigenvalue weighted by molar-refractivity contribution is 7.89. The maximum atomic E-state index is 12.1. The zero-order chi connectivity index (χ0) is 13.2. The smallest absolute Gasteiger partial charge is 0.241 e. The summed E-state index contributed by atoms with van der Waals surface area (Å²) in [4.78, 5) is 9.02. The maximum Gasteiger partial charge on any atom is 0.241 e. The highest BCUT2D eigenvalue weighted by Gasteiger charge is 2.18. The van der Waals surface area contributed by atoms with Gasteiger partial charge >= 0.3 is 0 Å². The molecule has 2 N–H and O–H groups in total. The molecule has 0 aromatic carbocycles. The number of aromatic nitrogens is 2. The van der Waals surface area contributed by atoms with E-state index < -0.39 is 10.0 Å². The average molecular weight is 285 g/mol. The Morgan fingerprint density at radius 1 is 1.44 bits per heavy atom. The second-order valence-corrected chi connectivity index (χ2v) is 7.20. The van der Waals surface area contributed by atoms with E-state index in [-0.39, 0.29) is 0 Å². The summed E-state index contributed by atoms with van der Waals surface area (Å²) >= 11 is 1.49. The molecule has 0 fully saturated rings. The number of H-pyrrole nitrogens is 1. The molecule has 0 aliphatic carbocycles. The number of nitrogens with zero attached hydrogens (tertiary/aromatic N) is 1. The van der Waals surface area contributed by atoms with Crippen LogP contribution in [0.2, 0.25) is 0 Å². The Labute approximate surface area is 110 Å². The van der Waals surface area contributed by atoms with E-state index in [4.69, 9.17) is 0 Å². The fraction of sp³-hybridized carbons (Fsp3) is 0.364. The molecule has 0 amide bonds. The third kappa shape index (κ3) is 2.98. The van der Waals surface area contributed by atoms with Crippen molar-refractivity contribution in [3.8, 4) is 0 Å². The van der Waals surface area contributed by atoms with E-state index in [9.17, 15) is 8.42 Å². The summed E-state index contributed by atoms with van der Waals surface area (Å²) in [7, 11) is -3.40. The fourth-order valence-corrected chi connectivity index (χ4v) is 4.28. The molecule has 0 atom stereocenters. The summed E-state index contributed by atoms with van der Waals surface area (Å²) in [6.07, 6.45) is 3.87. The van der Waals surface area contributed by atoms with Crippen LogP contribution < -0.4 is 4.72 Å². The lowest BCUT2D eigenvalue weighted by Crippen LogP contribution is -2.26. The van der Waals surface area contributed by atoms with E-state index in [0.29, 0.717) is 17.9 Å². The Bertz CT molecular complexity index is 615. The summed E-state index contributed by atoms with van der Waals surface area (Å²) < 4.78 is 26.7. The average Bonchev–Trinajstić information content (AvgIpc) is 2.88. The molecule has 2 rings (SSSR count). The Hall–Kier alpha value is -1.18. The molecule has 0 unspecified atom stereocenters. The van der Waals surface area contributed by atoms with Crippen LogP contribution in [0.1, 0.15) is 15.4 Å². The third-order valence-corrected chi connectivity index (χ3v) is 5.21. The first kappa shape index (κ1) is 13.3. The molecule has 7 heteroatoms. The van der Waals surface area contributed by atoms with Crippen molar-refractivity contribution < 1.29 is 8.42 Å². The number of aryl methyl sites for hydroxylation is 2. The highest BCUT2D eigenvalue weighted by Crippen LogP contribution is 2.24. The summed E-state index contributed by atoms with van der Waals surface area (Å²) in [5.74, 6) is 0. The quantitative estimate of drug-likeness (QED) is 0.876. The molecule has 2 heterocycles. The van der Waals surface area contributed by atoms with Gasteiger partial charge in [-0.2, -0.15) is 0 Å². The number of nitrogens with one attached hydrogen (secondary N) is 2. The number of hydrogen-bond donors (Lipinski definition) is 2. The molecule has 0 bridgehead atoms. The lowest BCUT2D eigenvalue weighted by Gasteiger charge is -2.05. The first-order chi connectivity index (χ1) is 8.49. The fourth-order valence-electron chi connectivity index (χ4n) is 1.69. The second kappa shape index (κ2) is 5.21. The van der Waals surface area contributed by atoms with Gasteiger partial charge < -0.3 is 4.98 Å². The van der Waals surface area contributed by atoms with Gasteiger partial charge in [-0.3, -0.25) is 0 Å². The lowest BCUT2D eigenvalue weighted by molar-refractivity contribution is 0.581. The minimum Gasteiger partial charge on any atom is -0.348 e. The zero-order valence-electron chi connectivity index (χ0n) is 10.2. The van der Waals surface area contributed by atoms with Gasteiger partial charge in [-0.05, 0) is 19.9 Å². The Morgan fingerprint density at radius 2 is 2.22 bits per heavy atom. The van der Waals surface area contributed by atoms with Crippen LogP contribution in [0.4, 0.5) is 0 Å². The summed E-state index contributed by atoms with van der Waals surface area (Å²) in [6.45, 7) is 4.08. The number of thiophene rings is 1. The van der Waals surface area contributed by atoms with Crippen molar-refractivity contribution in [2.75, 3.05) is 6.54 Å². The van der Waals surface area contributed by atoms with Crippen LogP contribution in [0.25, 0.3) is 0 Å². The molecule has 0 radical (unpaired) electrons. The van der Waals surface area contributed by atoms with Crippen LogP contribution in [-0.2, 0) is 16.4 Å². The van der Waals surface area contributed by atoms with Crippen molar-refractivity contribution in [2.24, 2.45) is 0 Å². The van der Waals surface area contributed by atoms with E-state index in [2.05, 4.69) is 14.7 Å². The van der Waals surface area contributed by atoms with Gasteiger partial charge in [0.15, 0.2) is 0 Å². The van der Waals surface area contributed by atoms with Crippen LogP contribution in [0.3, 0.4) is 0 Å². The predicted molar refractivity (Wildman–Crippen MR) is 71.3 cm³/mol. The molecule has 0 spiro atoms. The molecular weight excluding hydrogens is 270 g/mol. The van der Waals surface area contributed by atoms with E-state index in [1.807, 2.05) is 13.8 Å². The topological polar surface area (TPSA) is 74.8 Å². The maximum absolute atomic E-state index is 12.1. The van der Waals surface area contributed by atoms with Crippen molar-refractivity contribution in [3.63, 3.8) is 0 Å². The molecule has 98 valence electrons. The van der Waals surface area contributed by atoms with Crippen molar-refractivity contribution in [1.29, 1.82) is 0 Å². The normalized spacial score (nSPS) is 11.9. The first-order valence-electron chi connectivity index (χ1n) is 5.53. The third-order valence-electron chi connectivity index (χ3n) is 2.53. The van der Waals surface area contributed by atoms with Crippen molar-refractivity contribution >= 4 is 21.4 Å². The highest BCUT2D eigenvalue weighted by atomic mass is 32.2. The number of hydrogen-bond acceptors (Lipinski definition) is 4. The number of imidazole rings is 1. The monoisotopic (exact) mass is 285 g/mol. The summed E-state index contributed by atoms with van der Waals surface area (Å²) in [5, 5.41) is 0. The SMILES string of the molecule is Cc1cc(S(=O)(=O)NCCc2cnc[nH]2)c(C)s1. The van der Waals surface area contributed by atoms with E-state index in [1.165, 1.54) is 11.3 Å². The van der Waals surface area contributed by atoms with Crippen LogP contribution in [0.5, 0.6) is 0 Å². The first-order valence-corrected chi connectivity index (χ1v) is 7.83. The number of aromatic amines is 1. The van der Waals surface area contributed by atoms with Crippen LogP contribution in [-0.4, -0.2) is 24.9 Å². The van der Waals surface area contributed by atoms with E-state index in [0.717, 1.165) is 15.4 Å². The van der Waals surface area contributed by atoms with E-state index >= 15 is 0 Å². The molecule has 0 aliphatic heterocycles. The van der Waals surface area contributed by atoms with Gasteiger partial charge in [0.25, 0.3) is 0 Å². The zero-order valence-corrected chi connectivity index (χ0v) is 11.9. The Morgan fingerprint density at radius 3 is 2.78 bits per heavy atom. The lowest BCUT2D eigenvalue weighted by atomic mass is 10.3. The predicted octanol–water partition coefficient (Wildman–Crippen LogP) is 1.61. The van der Waals surface area contributed by atoms with Gasteiger partial charge in [0, 0.05) is 34.6 Å². The molecule has 0 aliphatic rings. The molecule has 0 saturated carbocycles. The number of sulfonamides is 1. The van der Waals surface area contributed by atoms with Gasteiger partial charge in [0.05, 0.1) is 11.2 Å². The molecule has 2 aromatic heterocycles. The Balaban J connectivity index is 2.02. The molecule has 0 saturated heterocycles. The molecular formula is C11H15N3O2S2. The van der Waals surface area contributed by atoms with Crippen LogP contribution >= 0.6 is 11.3 Å². The van der Waals surface area contributed by atoms with Gasteiger partial charge in [0.1, 0.15) is 0 Å². The molecule has 2 aromatic rings.